The van der Waals surface area contributed by atoms with Crippen LogP contribution in [0.5, 0.6) is 0 Å². The van der Waals surface area contributed by atoms with Crippen LogP contribution in [-0.4, -0.2) is 15.0 Å². The zero-order valence-electron chi connectivity index (χ0n) is 3.93. The van der Waals surface area contributed by atoms with Crippen LogP contribution in [0.1, 0.15) is 6.92 Å². The summed E-state index contributed by atoms with van der Waals surface area (Å²) in [6.45, 7) is 2.01. The van der Waals surface area contributed by atoms with Crippen LogP contribution in [0, 0.1) is 0 Å². The van der Waals surface area contributed by atoms with Crippen molar-refractivity contribution in [1.29, 1.82) is 0 Å². The number of rotatable bonds is 1. The molecule has 0 unspecified atom stereocenters. The Kier molecular flexibility index (Phi) is 4.17. The molecule has 0 nitrogen and oxygen atoms in total. The van der Waals surface area contributed by atoms with E-state index in [4.69, 9.17) is 0 Å². The van der Waals surface area contributed by atoms with Gasteiger partial charge in [-0.2, -0.15) is 0 Å². The summed E-state index contributed by atoms with van der Waals surface area (Å²) in [5.74, 6) is 2.15. The molecule has 6 heavy (non-hydrogen) atoms. The SMILES string of the molecule is C/C=C(/S)[Se]C. The molecular weight excluding hydrogens is 159 g/mol. The second kappa shape index (κ2) is 3.79. The van der Waals surface area contributed by atoms with Crippen LogP contribution in [0.3, 0.4) is 0 Å². The zero-order valence-corrected chi connectivity index (χ0v) is 6.54. The first-order chi connectivity index (χ1) is 2.81. The Morgan fingerprint density at radius 2 is 2.33 bits per heavy atom. The maximum atomic E-state index is 4.12. The van der Waals surface area contributed by atoms with Gasteiger partial charge in [0.1, 0.15) is 0 Å². The van der Waals surface area contributed by atoms with E-state index in [1.165, 1.54) is 3.80 Å². The molecule has 0 amide bonds. The van der Waals surface area contributed by atoms with E-state index in [9.17, 15) is 0 Å². The van der Waals surface area contributed by atoms with Crippen molar-refractivity contribution in [2.24, 2.45) is 0 Å². The number of allylic oxidation sites excluding steroid dienone is 1. The van der Waals surface area contributed by atoms with Gasteiger partial charge in [-0.1, -0.05) is 0 Å². The van der Waals surface area contributed by atoms with Gasteiger partial charge in [-0.3, -0.25) is 0 Å². The van der Waals surface area contributed by atoms with Crippen molar-refractivity contribution in [3.8, 4) is 0 Å². The van der Waals surface area contributed by atoms with Crippen LogP contribution in [0.25, 0.3) is 0 Å². The molecule has 0 aliphatic carbocycles. The van der Waals surface area contributed by atoms with Crippen molar-refractivity contribution < 1.29 is 0 Å². The summed E-state index contributed by atoms with van der Waals surface area (Å²) in [6, 6.07) is 0. The second-order valence-electron chi connectivity index (χ2n) is 0.831. The molecule has 36 valence electrons. The van der Waals surface area contributed by atoms with E-state index in [-0.39, 0.29) is 0 Å². The van der Waals surface area contributed by atoms with E-state index in [0.29, 0.717) is 15.0 Å². The third-order valence-electron chi connectivity index (χ3n) is 0.456. The standard InChI is InChI=1S/C4H8SSe/c1-3-4(5)6-2/h3,5H,1-2H3/b4-3-. The molecule has 0 aliphatic rings. The maximum absolute atomic E-state index is 4.12. The van der Waals surface area contributed by atoms with Crippen LogP contribution in [0.2, 0.25) is 5.82 Å². The Hall–Kier alpha value is 0.609. The van der Waals surface area contributed by atoms with Crippen molar-refractivity contribution in [2.75, 3.05) is 0 Å². The van der Waals surface area contributed by atoms with Gasteiger partial charge in [0.15, 0.2) is 0 Å². The summed E-state index contributed by atoms with van der Waals surface area (Å²) in [4.78, 5) is 0. The van der Waals surface area contributed by atoms with Crippen molar-refractivity contribution in [1.82, 2.24) is 0 Å². The fourth-order valence-electron chi connectivity index (χ4n) is 0.118. The first kappa shape index (κ1) is 6.61. The number of thiol groups is 1. The zero-order chi connectivity index (χ0) is 4.99. The molecule has 0 aromatic heterocycles. The fraction of sp³-hybridized carbons (Fsp3) is 0.500. The molecule has 0 rings (SSSR count). The van der Waals surface area contributed by atoms with Gasteiger partial charge in [-0.25, -0.2) is 0 Å². The van der Waals surface area contributed by atoms with E-state index in [2.05, 4.69) is 18.5 Å². The van der Waals surface area contributed by atoms with Crippen LogP contribution >= 0.6 is 12.6 Å². The molecule has 0 fully saturated rings. The molecular formula is C4H8SSe. The minimum atomic E-state index is 0.609. The van der Waals surface area contributed by atoms with Crippen molar-refractivity contribution in [3.63, 3.8) is 0 Å². The molecule has 0 aromatic rings. The predicted octanol–water partition coefficient (Wildman–Crippen LogP) is 1.53. The van der Waals surface area contributed by atoms with Crippen LogP contribution < -0.4 is 0 Å². The first-order valence-corrected chi connectivity index (χ1v) is 4.72. The monoisotopic (exact) mass is 168 g/mol. The summed E-state index contributed by atoms with van der Waals surface area (Å²) in [6.07, 6.45) is 2.03. The van der Waals surface area contributed by atoms with Crippen LogP contribution in [0.15, 0.2) is 9.88 Å². The number of hydrogen-bond acceptors (Lipinski definition) is 1. The van der Waals surface area contributed by atoms with Crippen LogP contribution in [0.4, 0.5) is 0 Å². The minimum absolute atomic E-state index is 0.609. The first-order valence-electron chi connectivity index (χ1n) is 1.70. The van der Waals surface area contributed by atoms with E-state index in [1.54, 1.807) is 0 Å². The van der Waals surface area contributed by atoms with Crippen LogP contribution in [-0.2, 0) is 0 Å². The molecule has 0 N–H and O–H groups in total. The predicted molar refractivity (Wildman–Crippen MR) is 34.4 cm³/mol. The molecule has 0 atom stereocenters. The van der Waals surface area contributed by atoms with Gasteiger partial charge in [-0.15, -0.1) is 0 Å². The van der Waals surface area contributed by atoms with E-state index >= 15 is 0 Å². The molecule has 0 heterocycles. The van der Waals surface area contributed by atoms with Gasteiger partial charge in [-0.05, 0) is 0 Å². The topological polar surface area (TPSA) is 0 Å². The molecule has 0 aromatic carbocycles. The Labute approximate surface area is 50.6 Å². The summed E-state index contributed by atoms with van der Waals surface area (Å²) >= 11 is 4.73. The van der Waals surface area contributed by atoms with E-state index in [1.807, 2.05) is 13.0 Å². The van der Waals surface area contributed by atoms with Crippen molar-refractivity contribution in [3.05, 3.63) is 9.88 Å². The van der Waals surface area contributed by atoms with E-state index in [0.717, 1.165) is 0 Å². The molecule has 0 radical (unpaired) electrons. The van der Waals surface area contributed by atoms with Gasteiger partial charge >= 0.3 is 50.2 Å². The third-order valence-corrected chi connectivity index (χ3v) is 3.04. The second-order valence-corrected chi connectivity index (χ2v) is 3.77. The van der Waals surface area contributed by atoms with E-state index < -0.39 is 0 Å². The fourth-order valence-corrected chi connectivity index (χ4v) is 0.612. The summed E-state index contributed by atoms with van der Waals surface area (Å²) < 4.78 is 1.22. The van der Waals surface area contributed by atoms with Crippen molar-refractivity contribution in [2.45, 2.75) is 12.7 Å². The molecule has 0 spiro atoms. The molecule has 2 heteroatoms. The van der Waals surface area contributed by atoms with Gasteiger partial charge in [0, 0.05) is 0 Å². The van der Waals surface area contributed by atoms with Gasteiger partial charge in [0.05, 0.1) is 0 Å². The Morgan fingerprint density at radius 1 is 1.83 bits per heavy atom. The Balaban J connectivity index is 3.22. The number of hydrogen-bond donors (Lipinski definition) is 1. The van der Waals surface area contributed by atoms with Gasteiger partial charge < -0.3 is 0 Å². The Morgan fingerprint density at radius 3 is 2.33 bits per heavy atom. The molecule has 0 bridgehead atoms. The molecule has 0 saturated heterocycles. The Bertz CT molecular complexity index is 58.6. The average molecular weight is 167 g/mol. The summed E-state index contributed by atoms with van der Waals surface area (Å²) in [5, 5.41) is 0. The summed E-state index contributed by atoms with van der Waals surface area (Å²) in [5.41, 5.74) is 0. The van der Waals surface area contributed by atoms with Gasteiger partial charge in [0.2, 0.25) is 0 Å². The quantitative estimate of drug-likeness (QED) is 0.444. The third kappa shape index (κ3) is 2.83. The van der Waals surface area contributed by atoms with Crippen molar-refractivity contribution >= 4 is 27.6 Å². The summed E-state index contributed by atoms with van der Waals surface area (Å²) in [7, 11) is 0. The molecule has 0 aliphatic heterocycles. The normalized spacial score (nSPS) is 12.2. The molecule has 0 saturated carbocycles. The average Bonchev–Trinajstić information content (AvgIpc) is 1.65. The van der Waals surface area contributed by atoms with Gasteiger partial charge in [0.25, 0.3) is 0 Å².